The van der Waals surface area contributed by atoms with Crippen LogP contribution in [0.2, 0.25) is 0 Å². The van der Waals surface area contributed by atoms with Gasteiger partial charge in [-0.05, 0) is 35.6 Å². The van der Waals surface area contributed by atoms with Gasteiger partial charge in [-0.1, -0.05) is 48.5 Å². The van der Waals surface area contributed by atoms with Gasteiger partial charge in [0.15, 0.2) is 0 Å². The maximum Gasteiger partial charge on any atom is 0.453 e. The predicted molar refractivity (Wildman–Crippen MR) is 102 cm³/mol. The van der Waals surface area contributed by atoms with Crippen LogP contribution in [0, 0.1) is 0 Å². The van der Waals surface area contributed by atoms with Crippen molar-refractivity contribution < 1.29 is 40.6 Å². The van der Waals surface area contributed by atoms with E-state index in [1.807, 2.05) is 0 Å². The van der Waals surface area contributed by atoms with Gasteiger partial charge in [-0.3, -0.25) is 4.79 Å². The molecule has 0 radical (unpaired) electrons. The SMILES string of the molecule is CCNC(=O)C1(CC2COC(C(F)(F)F)(C(F)(F)F)O2)c2ccccc2-c2ccccc21. The average Bonchev–Trinajstić information content (AvgIpc) is 3.28. The van der Waals surface area contributed by atoms with E-state index in [1.54, 1.807) is 55.5 Å². The second kappa shape index (κ2) is 7.48. The van der Waals surface area contributed by atoms with E-state index < -0.39 is 48.6 Å². The molecule has 32 heavy (non-hydrogen) atoms. The average molecular weight is 459 g/mol. The van der Waals surface area contributed by atoms with Crippen molar-refractivity contribution in [2.45, 2.75) is 43.0 Å². The van der Waals surface area contributed by atoms with E-state index in [1.165, 1.54) is 0 Å². The van der Waals surface area contributed by atoms with E-state index in [2.05, 4.69) is 14.8 Å². The minimum Gasteiger partial charge on any atom is -0.355 e. The van der Waals surface area contributed by atoms with Crippen LogP contribution in [0.3, 0.4) is 0 Å². The lowest BCUT2D eigenvalue weighted by atomic mass is 9.73. The fourth-order valence-corrected chi connectivity index (χ4v) is 4.61. The lowest BCUT2D eigenvalue weighted by Gasteiger charge is -2.34. The van der Waals surface area contributed by atoms with E-state index in [-0.39, 0.29) is 6.54 Å². The Bertz CT molecular complexity index is 973. The number of ether oxygens (including phenoxy) is 2. The summed E-state index contributed by atoms with van der Waals surface area (Å²) in [6.07, 6.45) is -13.8. The van der Waals surface area contributed by atoms with Gasteiger partial charge in [0.25, 0.3) is 0 Å². The molecule has 4 rings (SSSR count). The Kier molecular flexibility index (Phi) is 5.28. The van der Waals surface area contributed by atoms with Gasteiger partial charge in [0.2, 0.25) is 5.91 Å². The third kappa shape index (κ3) is 3.11. The fraction of sp³-hybridized carbons (Fsp3) is 0.409. The highest BCUT2D eigenvalue weighted by Gasteiger charge is 2.77. The highest BCUT2D eigenvalue weighted by Crippen LogP contribution is 2.55. The minimum absolute atomic E-state index is 0.224. The van der Waals surface area contributed by atoms with Crippen LogP contribution in [-0.2, 0) is 19.7 Å². The number of fused-ring (bicyclic) bond motifs is 3. The molecule has 1 amide bonds. The summed E-state index contributed by atoms with van der Waals surface area (Å²) in [4.78, 5) is 13.4. The number of alkyl halides is 6. The fourth-order valence-electron chi connectivity index (χ4n) is 4.61. The normalized spacial score (nSPS) is 21.2. The molecule has 0 bridgehead atoms. The number of hydrogen-bond acceptors (Lipinski definition) is 3. The molecule has 172 valence electrons. The number of likely N-dealkylation sites (N-methyl/N-ethyl adjacent to an activating group) is 1. The molecule has 1 atom stereocenters. The van der Waals surface area contributed by atoms with Crippen molar-refractivity contribution in [2.75, 3.05) is 13.2 Å². The lowest BCUT2D eigenvalue weighted by molar-refractivity contribution is -0.443. The van der Waals surface area contributed by atoms with E-state index >= 15 is 0 Å². The van der Waals surface area contributed by atoms with Crippen molar-refractivity contribution in [1.82, 2.24) is 5.32 Å². The number of carbonyl (C=O) groups excluding carboxylic acids is 1. The van der Waals surface area contributed by atoms with E-state index in [0.717, 1.165) is 0 Å². The van der Waals surface area contributed by atoms with Crippen LogP contribution in [0.5, 0.6) is 0 Å². The van der Waals surface area contributed by atoms with Gasteiger partial charge in [0.1, 0.15) is 5.41 Å². The number of halogens is 6. The first-order valence-corrected chi connectivity index (χ1v) is 9.91. The van der Waals surface area contributed by atoms with Gasteiger partial charge < -0.3 is 14.8 Å². The van der Waals surface area contributed by atoms with Crippen LogP contribution >= 0.6 is 0 Å². The number of nitrogens with one attached hydrogen (secondary N) is 1. The molecular formula is C22H19F6NO3. The van der Waals surface area contributed by atoms with Crippen molar-refractivity contribution in [3.8, 4) is 11.1 Å². The third-order valence-corrected chi connectivity index (χ3v) is 5.87. The molecule has 10 heteroatoms. The summed E-state index contributed by atoms with van der Waals surface area (Å²) in [6.45, 7) is 0.929. The Hall–Kier alpha value is -2.59. The van der Waals surface area contributed by atoms with Crippen LogP contribution in [0.25, 0.3) is 11.1 Å². The molecule has 2 aliphatic rings. The van der Waals surface area contributed by atoms with E-state index in [0.29, 0.717) is 22.3 Å². The summed E-state index contributed by atoms with van der Waals surface area (Å²) < 4.78 is 89.2. The third-order valence-electron chi connectivity index (χ3n) is 5.87. The van der Waals surface area contributed by atoms with Crippen LogP contribution in [0.4, 0.5) is 26.3 Å². The quantitative estimate of drug-likeness (QED) is 0.674. The van der Waals surface area contributed by atoms with Crippen molar-refractivity contribution in [3.05, 3.63) is 59.7 Å². The standard InChI is InChI=1S/C22H19F6NO3/c1-2-29-18(30)19(11-13-12-31-20(32-13,21(23,24)25)22(26,27)28)16-9-5-3-7-14(16)15-8-4-6-10-17(15)19/h3-10,13H,2,11-12H2,1H3,(H,29,30). The number of benzene rings is 2. The van der Waals surface area contributed by atoms with E-state index in [9.17, 15) is 31.1 Å². The first-order valence-electron chi connectivity index (χ1n) is 9.91. The highest BCUT2D eigenvalue weighted by atomic mass is 19.4. The monoisotopic (exact) mass is 459 g/mol. The van der Waals surface area contributed by atoms with Gasteiger partial charge in [0, 0.05) is 6.54 Å². The van der Waals surface area contributed by atoms with Crippen LogP contribution < -0.4 is 5.32 Å². The van der Waals surface area contributed by atoms with Crippen LogP contribution in [0.15, 0.2) is 48.5 Å². The molecule has 1 fully saturated rings. The Labute approximate surface area is 179 Å². The summed E-state index contributed by atoms with van der Waals surface area (Å²) in [5.41, 5.74) is 0.821. The summed E-state index contributed by atoms with van der Waals surface area (Å²) in [6, 6.07) is 13.7. The topological polar surface area (TPSA) is 47.6 Å². The van der Waals surface area contributed by atoms with Crippen molar-refractivity contribution in [3.63, 3.8) is 0 Å². The van der Waals surface area contributed by atoms with Crippen LogP contribution in [0.1, 0.15) is 24.5 Å². The Balaban J connectivity index is 1.82. The van der Waals surface area contributed by atoms with Gasteiger partial charge in [-0.25, -0.2) is 0 Å². The van der Waals surface area contributed by atoms with Crippen molar-refractivity contribution >= 4 is 5.91 Å². The summed E-state index contributed by atoms with van der Waals surface area (Å²) in [5.74, 6) is -5.26. The maximum absolute atomic E-state index is 13.4. The van der Waals surface area contributed by atoms with Gasteiger partial charge in [-0.15, -0.1) is 0 Å². The molecule has 0 saturated carbocycles. The second-order valence-electron chi connectivity index (χ2n) is 7.72. The molecule has 1 saturated heterocycles. The minimum atomic E-state index is -5.84. The first-order chi connectivity index (χ1) is 15.0. The zero-order chi connectivity index (χ0) is 23.4. The van der Waals surface area contributed by atoms with Gasteiger partial charge in [-0.2, -0.15) is 26.3 Å². The molecule has 0 spiro atoms. The van der Waals surface area contributed by atoms with Crippen LogP contribution in [-0.4, -0.2) is 43.3 Å². The summed E-state index contributed by atoms with van der Waals surface area (Å²) in [5, 5.41) is 2.69. The molecule has 1 heterocycles. The molecule has 1 aliphatic heterocycles. The van der Waals surface area contributed by atoms with Crippen molar-refractivity contribution in [2.24, 2.45) is 0 Å². The number of rotatable bonds is 4. The number of hydrogen-bond donors (Lipinski definition) is 1. The first kappa shape index (κ1) is 22.6. The number of carbonyl (C=O) groups is 1. The highest BCUT2D eigenvalue weighted by molar-refractivity contribution is 6.00. The molecule has 0 aromatic heterocycles. The van der Waals surface area contributed by atoms with Gasteiger partial charge >= 0.3 is 18.1 Å². The molecule has 1 unspecified atom stereocenters. The summed E-state index contributed by atoms with van der Waals surface area (Å²) >= 11 is 0. The lowest BCUT2D eigenvalue weighted by Crippen LogP contribution is -2.58. The van der Waals surface area contributed by atoms with Crippen molar-refractivity contribution in [1.29, 1.82) is 0 Å². The predicted octanol–water partition coefficient (Wildman–Crippen LogP) is 4.72. The van der Waals surface area contributed by atoms with E-state index in [4.69, 9.17) is 0 Å². The molecule has 1 N–H and O–H groups in total. The zero-order valence-corrected chi connectivity index (χ0v) is 16.8. The maximum atomic E-state index is 13.4. The molecular weight excluding hydrogens is 440 g/mol. The smallest absolute Gasteiger partial charge is 0.355 e. The van der Waals surface area contributed by atoms with Gasteiger partial charge in [0.05, 0.1) is 12.7 Å². The molecule has 2 aromatic rings. The molecule has 1 aliphatic carbocycles. The summed E-state index contributed by atoms with van der Waals surface area (Å²) in [7, 11) is 0. The zero-order valence-electron chi connectivity index (χ0n) is 16.8. The number of amides is 1. The Morgan fingerprint density at radius 2 is 1.47 bits per heavy atom. The Morgan fingerprint density at radius 3 is 1.91 bits per heavy atom. The largest absolute Gasteiger partial charge is 0.453 e. The molecule has 4 nitrogen and oxygen atoms in total. The Morgan fingerprint density at radius 1 is 0.969 bits per heavy atom. The second-order valence-corrected chi connectivity index (χ2v) is 7.72. The molecule has 2 aromatic carbocycles.